The molecular weight excluding hydrogens is 1510 g/mol. The number of phenolic OH excluding ortho intramolecular Hbond substituents is 5. The molecule has 7 aromatic carbocycles. The highest BCUT2D eigenvalue weighted by Gasteiger charge is 2.51. The first-order chi connectivity index (χ1) is 52.8. The number of hydrogen-bond donors (Lipinski definition) is 22. The number of carbonyl (C=O) groups excluding carboxylic acids is 7. The largest absolute Gasteiger partial charge is 0.508 e. The third kappa shape index (κ3) is 15.4. The second kappa shape index (κ2) is 31.2. The van der Waals surface area contributed by atoms with E-state index in [-0.39, 0.29) is 39.0 Å². The molecule has 111 heavy (non-hydrogen) atoms. The quantitative estimate of drug-likeness (QED) is 0.0946. The zero-order valence-corrected chi connectivity index (χ0v) is 58.6. The van der Waals surface area contributed by atoms with Crippen LogP contribution in [0.5, 0.6) is 69.0 Å². The van der Waals surface area contributed by atoms with Crippen molar-refractivity contribution in [2.45, 2.75) is 123 Å². The van der Waals surface area contributed by atoms with Crippen molar-refractivity contribution in [3.63, 3.8) is 0 Å². The molecule has 8 heterocycles. The number of carboxylic acid groups (broad SMARTS) is 1. The van der Waals surface area contributed by atoms with Crippen molar-refractivity contribution in [1.82, 2.24) is 37.2 Å². The van der Waals surface area contributed by atoms with Crippen LogP contribution >= 0.6 is 23.2 Å². The van der Waals surface area contributed by atoms with Crippen molar-refractivity contribution in [3.05, 3.63) is 164 Å². The van der Waals surface area contributed by atoms with Gasteiger partial charge in [0, 0.05) is 35.7 Å². The van der Waals surface area contributed by atoms with Crippen LogP contribution in [0.1, 0.15) is 88.3 Å². The lowest BCUT2D eigenvalue weighted by Crippen LogP contribution is -2.65. The number of aliphatic hydroxyl groups excluding tert-OH is 8. The van der Waals surface area contributed by atoms with Gasteiger partial charge in [-0.1, -0.05) is 47.5 Å². The van der Waals surface area contributed by atoms with E-state index < -0.39 is 267 Å². The summed E-state index contributed by atoms with van der Waals surface area (Å²) >= 11 is 14.1. The van der Waals surface area contributed by atoms with E-state index in [2.05, 4.69) is 37.2 Å². The second-order valence-electron chi connectivity index (χ2n) is 26.5. The highest BCUT2D eigenvalue weighted by Crippen LogP contribution is 2.50. The fourth-order valence-electron chi connectivity index (χ4n) is 13.5. The molecule has 15 rings (SSSR count). The van der Waals surface area contributed by atoms with Gasteiger partial charge in [-0.05, 0) is 112 Å². The van der Waals surface area contributed by atoms with Crippen molar-refractivity contribution in [2.24, 2.45) is 5.73 Å². The maximum absolute atomic E-state index is 16.4. The number of fused-ring (bicyclic) bond motifs is 14. The van der Waals surface area contributed by atoms with Crippen LogP contribution in [0.3, 0.4) is 0 Å². The van der Waals surface area contributed by atoms with Gasteiger partial charge in [-0.2, -0.15) is 0 Å². The minimum Gasteiger partial charge on any atom is -0.508 e. The number of rotatable bonds is 8. The van der Waals surface area contributed by atoms with Crippen LogP contribution in [0.2, 0.25) is 10.0 Å². The van der Waals surface area contributed by atoms with Crippen molar-refractivity contribution in [3.8, 4) is 80.1 Å². The minimum absolute atomic E-state index is 0.0160. The minimum atomic E-state index is -2.52. The molecule has 7 aromatic rings. The number of ether oxygens (including phenoxy) is 7. The summed E-state index contributed by atoms with van der Waals surface area (Å²) in [5.74, 6) is -19.1. The number of aliphatic carboxylic acids is 1. The number of aliphatic hydroxyl groups is 8. The predicted octanol–water partition coefficient (Wildman–Crippen LogP) is -0.0832. The van der Waals surface area contributed by atoms with Crippen LogP contribution in [-0.2, 0) is 52.6 Å². The number of nitrogens with two attached hydrogens (primary N) is 1. The van der Waals surface area contributed by atoms with E-state index in [1.807, 2.05) is 0 Å². The molecule has 0 aromatic heterocycles. The Balaban J connectivity index is 1.06. The van der Waals surface area contributed by atoms with Crippen LogP contribution in [0, 0.1) is 0 Å². The second-order valence-corrected chi connectivity index (χ2v) is 27.3. The fourth-order valence-corrected chi connectivity index (χ4v) is 14.0. The molecule has 2 fully saturated rings. The molecule has 2 saturated heterocycles. The molecule has 17 bridgehead atoms. The normalized spacial score (nSPS) is 28.6. The van der Waals surface area contributed by atoms with Crippen molar-refractivity contribution in [1.29, 1.82) is 0 Å². The first-order valence-electron chi connectivity index (χ1n) is 33.7. The van der Waals surface area contributed by atoms with E-state index in [0.717, 1.165) is 110 Å². The Morgan fingerprint density at radius 3 is 1.67 bits per heavy atom. The molecule has 0 spiro atoms. The van der Waals surface area contributed by atoms with Crippen LogP contribution < -0.4 is 61.9 Å². The predicted molar refractivity (Wildman–Crippen MR) is 373 cm³/mol. The van der Waals surface area contributed by atoms with Gasteiger partial charge in [0.05, 0.1) is 23.3 Å². The zero-order valence-electron chi connectivity index (χ0n) is 57.1. The number of halogens is 2. The average Bonchev–Trinajstić information content (AvgIpc) is 0.761. The Morgan fingerprint density at radius 2 is 1.04 bits per heavy atom. The van der Waals surface area contributed by atoms with Crippen LogP contribution in [0.15, 0.2) is 115 Å². The number of hydrogen-bond acceptors (Lipinski definition) is 29. The summed E-state index contributed by atoms with van der Waals surface area (Å²) in [5, 5.41) is 175. The van der Waals surface area contributed by atoms with Gasteiger partial charge in [0.15, 0.2) is 35.3 Å². The molecular formula is C72H68Cl2N8O29. The molecule has 0 radical (unpaired) electrons. The monoisotopic (exact) mass is 1580 g/mol. The fraction of sp³-hybridized carbons (Fsp3) is 0.306. The van der Waals surface area contributed by atoms with Gasteiger partial charge >= 0.3 is 5.97 Å². The summed E-state index contributed by atoms with van der Waals surface area (Å²) in [4.78, 5) is 121. The molecule has 0 aliphatic carbocycles. The number of carboxylic acids is 1. The lowest BCUT2D eigenvalue weighted by atomic mass is 9.89. The average molecular weight is 1580 g/mol. The summed E-state index contributed by atoms with van der Waals surface area (Å²) in [6.07, 6.45) is -22.5. The number of nitrogens with one attached hydrogen (secondary N) is 7. The molecule has 37 nitrogen and oxygen atoms in total. The van der Waals surface area contributed by atoms with E-state index in [1.54, 1.807) is 0 Å². The van der Waals surface area contributed by atoms with Crippen molar-refractivity contribution < 1.29 is 143 Å². The maximum atomic E-state index is 16.4. The smallest absolute Gasteiger partial charge is 0.330 e. The Morgan fingerprint density at radius 1 is 0.505 bits per heavy atom. The van der Waals surface area contributed by atoms with Gasteiger partial charge in [0.25, 0.3) is 0 Å². The van der Waals surface area contributed by atoms with E-state index in [0.29, 0.717) is 0 Å². The zero-order chi connectivity index (χ0) is 79.6. The van der Waals surface area contributed by atoms with E-state index in [9.17, 15) is 85.9 Å². The SMILES string of the molecule is CC(=O)N[C@H]1[C@H](O[C@@H]2c3ccc(c(Cl)c3)Oc3cc4cc(c3O)Oc3ccc(cc3Cl)[C@@H](O)[C@H]3NC(=O)[C@@H](N)c5ccc(O)c(c5)Oc5cc(O)cc(c5)[C@H](NC3=O)C(=O)N[C@H]4C(=O)N[C@@H]3C(=O)N[C@@H]2C(=O)N[C@H](C(=O)O)c2cc(O)cc(O[C@@H]4O[C@H](CO)[C@@H](O)[C@H](O)[C@H]4O)c2-c2cc3ccc2O)O[C@H](CO)[C@@H](O)[C@@H]1O. The number of carbonyl (C=O) groups is 8. The summed E-state index contributed by atoms with van der Waals surface area (Å²) in [5.41, 5.74) is 2.48. The molecule has 584 valence electrons. The Labute approximate surface area is 634 Å². The van der Waals surface area contributed by atoms with Gasteiger partial charge in [-0.25, -0.2) is 4.79 Å². The van der Waals surface area contributed by atoms with Gasteiger partial charge in [-0.15, -0.1) is 0 Å². The summed E-state index contributed by atoms with van der Waals surface area (Å²) in [6.45, 7) is -1.08. The third-order valence-electron chi connectivity index (χ3n) is 19.2. The number of phenols is 5. The molecule has 39 heteroatoms. The van der Waals surface area contributed by atoms with E-state index >= 15 is 24.0 Å². The lowest BCUT2D eigenvalue weighted by Gasteiger charge is -2.44. The van der Waals surface area contributed by atoms with Gasteiger partial charge < -0.3 is 148 Å². The van der Waals surface area contributed by atoms with Crippen LogP contribution in [-0.4, -0.2) is 205 Å². The molecule has 19 atom stereocenters. The Bertz CT molecular complexity index is 4920. The third-order valence-corrected chi connectivity index (χ3v) is 19.7. The highest BCUT2D eigenvalue weighted by atomic mass is 35.5. The first kappa shape index (κ1) is 77.7. The van der Waals surface area contributed by atoms with E-state index in [4.69, 9.17) is 62.1 Å². The molecule has 0 unspecified atom stereocenters. The molecule has 7 amide bonds. The lowest BCUT2D eigenvalue weighted by molar-refractivity contribution is -0.284. The van der Waals surface area contributed by atoms with Crippen molar-refractivity contribution >= 4 is 70.5 Å². The van der Waals surface area contributed by atoms with E-state index in [1.165, 1.54) is 12.1 Å². The summed E-state index contributed by atoms with van der Waals surface area (Å²) < 4.78 is 42.9. The van der Waals surface area contributed by atoms with Crippen LogP contribution in [0.4, 0.5) is 0 Å². The van der Waals surface area contributed by atoms with Gasteiger partial charge in [0.2, 0.25) is 53.4 Å². The number of benzene rings is 7. The molecule has 23 N–H and O–H groups in total. The Hall–Kier alpha value is -11.4. The molecule has 0 saturated carbocycles. The van der Waals surface area contributed by atoms with Gasteiger partial charge in [-0.3, -0.25) is 33.6 Å². The summed E-state index contributed by atoms with van der Waals surface area (Å²) in [7, 11) is 0. The maximum Gasteiger partial charge on any atom is 0.330 e. The van der Waals surface area contributed by atoms with Gasteiger partial charge in [0.1, 0.15) is 137 Å². The summed E-state index contributed by atoms with van der Waals surface area (Å²) in [6, 6.07) is 1.69. The highest BCUT2D eigenvalue weighted by molar-refractivity contribution is 6.32. The first-order valence-corrected chi connectivity index (χ1v) is 34.4. The standard InChI is InChI=1S/C72H68Cl2N8O29/c1-23(85)76-54-60(94)58(92)45(21-83)109-71(54)111-63-27-5-9-40(36(74)14-27)107-44-17-29-16-43(57(44)91)106-39-8-4-26(13-35(39)73)56(90)53-68(101)79-50(28-10-30(86)18-32(11-28)105-41-15-24(2-7-38(41)89)48(75)64(97)81-53)66(99)78-51(29)67(100)77-49-25-3-6-37(88)33(12-25)47-34(52(70(103)104)80-69(102)55(63)82-65(49)98)19-31(87)20-42(47)108-72-62(96)61(95)59(93)46(22-84)110-72/h2-20,45-46,48-56,58-63,71-72,83-84,86-96H,21-22,75H2,1H3,(H,76,85)(H,77,100)(H,78,99)(H,79,101)(H,80,102)(H,81,97)(H,82,98)(H,103,104)/t45-,46-,48+,49+,50+,51-,52+,53-,54-,55+,56-,58-,59-,60-,61+,62-,63-,71+,72-/m1/s1. The molecule has 8 aliphatic heterocycles. The number of aromatic hydroxyl groups is 5. The molecule has 8 aliphatic rings. The van der Waals surface area contributed by atoms with Crippen LogP contribution in [0.25, 0.3) is 11.1 Å². The Kier molecular flexibility index (Phi) is 21.8. The topological polar surface area (TPSA) is 595 Å². The van der Waals surface area contributed by atoms with Crippen molar-refractivity contribution in [2.75, 3.05) is 13.2 Å². The number of amides is 7.